The third-order valence-electron chi connectivity index (χ3n) is 5.10. The van der Waals surface area contributed by atoms with Gasteiger partial charge in [-0.05, 0) is 62.6 Å². The number of aliphatic imine (C=N–C) groups is 1. The molecule has 0 aliphatic heterocycles. The second-order valence-corrected chi connectivity index (χ2v) is 7.62. The number of amides is 1. The molecule has 0 saturated heterocycles. The number of carbonyl (C=O) groups is 1. The first kappa shape index (κ1) is 23.1. The van der Waals surface area contributed by atoms with Crippen LogP contribution in [0.5, 0.6) is 0 Å². The Hall–Kier alpha value is -3.61. The normalized spacial score (nSPS) is 11.3. The highest BCUT2D eigenvalue weighted by Gasteiger charge is 2.09. The highest BCUT2D eigenvalue weighted by molar-refractivity contribution is 5.94. The number of carbonyl (C=O) groups excluding carboxylic acids is 1. The topological polar surface area (TPSA) is 83.3 Å². The number of guanidine groups is 1. The Kier molecular flexibility index (Phi) is 8.02. The Labute approximate surface area is 190 Å². The number of nitrogens with zero attached hydrogens (tertiary/aromatic N) is 3. The van der Waals surface area contributed by atoms with E-state index in [9.17, 15) is 4.79 Å². The van der Waals surface area contributed by atoms with Crippen LogP contribution in [-0.2, 0) is 13.0 Å². The predicted molar refractivity (Wildman–Crippen MR) is 129 cm³/mol. The summed E-state index contributed by atoms with van der Waals surface area (Å²) < 4.78 is 1.97. The number of aryl methyl sites for hydroxylation is 2. The molecule has 32 heavy (non-hydrogen) atoms. The molecule has 1 heterocycles. The number of benzene rings is 2. The lowest BCUT2D eigenvalue weighted by Crippen LogP contribution is -2.38. The maximum atomic E-state index is 11.8. The van der Waals surface area contributed by atoms with Crippen LogP contribution in [0.25, 0.3) is 5.69 Å². The Balaban J connectivity index is 1.68. The minimum absolute atomic E-state index is 0.0732. The lowest BCUT2D eigenvalue weighted by Gasteiger charge is -2.13. The van der Waals surface area contributed by atoms with Crippen LogP contribution in [0.4, 0.5) is 0 Å². The van der Waals surface area contributed by atoms with E-state index >= 15 is 0 Å². The fourth-order valence-electron chi connectivity index (χ4n) is 3.57. The number of hydrogen-bond donors (Lipinski definition) is 3. The quantitative estimate of drug-likeness (QED) is 0.377. The fraction of sp³-hybridized carbons (Fsp3) is 0.320. The summed E-state index contributed by atoms with van der Waals surface area (Å²) >= 11 is 0. The van der Waals surface area contributed by atoms with E-state index in [1.165, 1.54) is 0 Å². The lowest BCUT2D eigenvalue weighted by molar-refractivity contribution is 0.0963. The molecule has 0 aliphatic carbocycles. The molecule has 3 N–H and O–H groups in total. The molecule has 7 heteroatoms. The maximum absolute atomic E-state index is 11.8. The molecule has 2 aromatic carbocycles. The minimum Gasteiger partial charge on any atom is -0.357 e. The molecule has 168 valence electrons. The predicted octanol–water partition coefficient (Wildman–Crippen LogP) is 3.15. The average Bonchev–Trinajstić information content (AvgIpc) is 3.14. The molecule has 0 spiro atoms. The fourth-order valence-corrected chi connectivity index (χ4v) is 3.57. The molecule has 0 bridgehead atoms. The van der Waals surface area contributed by atoms with E-state index in [-0.39, 0.29) is 5.91 Å². The summed E-state index contributed by atoms with van der Waals surface area (Å²) in [6.45, 7) is 8.13. The van der Waals surface area contributed by atoms with E-state index in [4.69, 9.17) is 4.99 Å². The van der Waals surface area contributed by atoms with Gasteiger partial charge in [0.2, 0.25) is 0 Å². The van der Waals surface area contributed by atoms with Crippen LogP contribution in [0.2, 0.25) is 0 Å². The maximum Gasteiger partial charge on any atom is 0.251 e. The SMILES string of the molecule is CCNC(=NCc1ccccc1-n1nc(C)cc1C)NCCc1cccc(C(=O)NC)c1. The summed E-state index contributed by atoms with van der Waals surface area (Å²) in [5.74, 6) is 0.689. The second kappa shape index (κ2) is 11.1. The molecule has 0 aliphatic rings. The van der Waals surface area contributed by atoms with Crippen molar-refractivity contribution in [2.24, 2.45) is 4.99 Å². The lowest BCUT2D eigenvalue weighted by atomic mass is 10.1. The van der Waals surface area contributed by atoms with Gasteiger partial charge in [0, 0.05) is 31.4 Å². The zero-order valence-electron chi connectivity index (χ0n) is 19.3. The van der Waals surface area contributed by atoms with Crippen LogP contribution in [0.1, 0.15) is 39.8 Å². The van der Waals surface area contributed by atoms with Crippen molar-refractivity contribution in [3.05, 3.63) is 82.7 Å². The van der Waals surface area contributed by atoms with Crippen LogP contribution in [-0.4, -0.2) is 41.8 Å². The Bertz CT molecular complexity index is 1090. The summed E-state index contributed by atoms with van der Waals surface area (Å²) in [7, 11) is 1.64. The number of para-hydroxylation sites is 1. The third kappa shape index (κ3) is 5.97. The van der Waals surface area contributed by atoms with Crippen molar-refractivity contribution in [2.75, 3.05) is 20.1 Å². The Morgan fingerprint density at radius 2 is 1.88 bits per heavy atom. The van der Waals surface area contributed by atoms with Gasteiger partial charge in [-0.15, -0.1) is 0 Å². The third-order valence-corrected chi connectivity index (χ3v) is 5.10. The molecular weight excluding hydrogens is 400 g/mol. The van der Waals surface area contributed by atoms with Gasteiger partial charge >= 0.3 is 0 Å². The van der Waals surface area contributed by atoms with Gasteiger partial charge in [0.05, 0.1) is 17.9 Å². The number of nitrogens with one attached hydrogen (secondary N) is 3. The van der Waals surface area contributed by atoms with E-state index < -0.39 is 0 Å². The molecule has 1 aromatic heterocycles. The molecule has 7 nitrogen and oxygen atoms in total. The average molecular weight is 433 g/mol. The van der Waals surface area contributed by atoms with Gasteiger partial charge in [0.15, 0.2) is 5.96 Å². The van der Waals surface area contributed by atoms with Gasteiger partial charge in [-0.25, -0.2) is 9.67 Å². The molecule has 0 saturated carbocycles. The van der Waals surface area contributed by atoms with Crippen LogP contribution in [0.15, 0.2) is 59.6 Å². The number of aromatic nitrogens is 2. The molecule has 1 amide bonds. The van der Waals surface area contributed by atoms with Crippen molar-refractivity contribution in [1.82, 2.24) is 25.7 Å². The number of rotatable bonds is 8. The smallest absolute Gasteiger partial charge is 0.251 e. The summed E-state index contributed by atoms with van der Waals surface area (Å²) in [5.41, 5.74) is 6.02. The van der Waals surface area contributed by atoms with Crippen molar-refractivity contribution in [2.45, 2.75) is 33.7 Å². The summed E-state index contributed by atoms with van der Waals surface area (Å²) in [5, 5.41) is 14.0. The molecule has 0 atom stereocenters. The van der Waals surface area contributed by atoms with E-state index in [2.05, 4.69) is 46.2 Å². The first-order valence-electron chi connectivity index (χ1n) is 11.0. The van der Waals surface area contributed by atoms with Crippen molar-refractivity contribution >= 4 is 11.9 Å². The molecule has 3 rings (SSSR count). The van der Waals surface area contributed by atoms with Crippen LogP contribution in [0, 0.1) is 13.8 Å². The van der Waals surface area contributed by atoms with Crippen molar-refractivity contribution in [3.8, 4) is 5.69 Å². The summed E-state index contributed by atoms with van der Waals surface area (Å²) in [6.07, 6.45) is 0.789. The van der Waals surface area contributed by atoms with Gasteiger partial charge in [-0.2, -0.15) is 5.10 Å². The summed E-state index contributed by atoms with van der Waals surface area (Å²) in [6, 6.07) is 18.0. The highest BCUT2D eigenvalue weighted by atomic mass is 16.1. The largest absolute Gasteiger partial charge is 0.357 e. The Morgan fingerprint density at radius 3 is 2.59 bits per heavy atom. The first-order chi connectivity index (χ1) is 15.5. The van der Waals surface area contributed by atoms with Gasteiger partial charge < -0.3 is 16.0 Å². The van der Waals surface area contributed by atoms with Crippen molar-refractivity contribution in [3.63, 3.8) is 0 Å². The first-order valence-corrected chi connectivity index (χ1v) is 11.0. The van der Waals surface area contributed by atoms with E-state index in [0.717, 1.165) is 47.1 Å². The Morgan fingerprint density at radius 1 is 1.06 bits per heavy atom. The van der Waals surface area contributed by atoms with E-state index in [0.29, 0.717) is 18.7 Å². The van der Waals surface area contributed by atoms with Gasteiger partial charge in [-0.1, -0.05) is 30.3 Å². The van der Waals surface area contributed by atoms with Crippen molar-refractivity contribution < 1.29 is 4.79 Å². The molecule has 0 fully saturated rings. The standard InChI is InChI=1S/C25H32N6O/c1-5-27-25(28-14-13-20-9-8-11-21(16-20)24(32)26-4)29-17-22-10-6-7-12-23(22)31-19(3)15-18(2)30-31/h6-12,15-16H,5,13-14,17H2,1-4H3,(H,26,32)(H2,27,28,29). The number of hydrogen-bond acceptors (Lipinski definition) is 3. The molecule has 0 unspecified atom stereocenters. The van der Waals surface area contributed by atoms with Gasteiger partial charge in [0.1, 0.15) is 0 Å². The zero-order chi connectivity index (χ0) is 22.9. The van der Waals surface area contributed by atoms with Crippen LogP contribution >= 0.6 is 0 Å². The second-order valence-electron chi connectivity index (χ2n) is 7.62. The van der Waals surface area contributed by atoms with Crippen LogP contribution < -0.4 is 16.0 Å². The minimum atomic E-state index is -0.0732. The monoisotopic (exact) mass is 432 g/mol. The van der Waals surface area contributed by atoms with E-state index in [1.54, 1.807) is 7.05 Å². The molecule has 0 radical (unpaired) electrons. The van der Waals surface area contributed by atoms with Gasteiger partial charge in [0.25, 0.3) is 5.91 Å². The van der Waals surface area contributed by atoms with Crippen molar-refractivity contribution in [1.29, 1.82) is 0 Å². The van der Waals surface area contributed by atoms with Gasteiger partial charge in [-0.3, -0.25) is 4.79 Å². The summed E-state index contributed by atoms with van der Waals surface area (Å²) in [4.78, 5) is 16.6. The van der Waals surface area contributed by atoms with Crippen LogP contribution in [0.3, 0.4) is 0 Å². The van der Waals surface area contributed by atoms with E-state index in [1.807, 2.05) is 54.9 Å². The molecular formula is C25H32N6O. The molecule has 3 aromatic rings. The zero-order valence-corrected chi connectivity index (χ0v) is 19.3. The highest BCUT2D eigenvalue weighted by Crippen LogP contribution is 2.17.